The van der Waals surface area contributed by atoms with Crippen LogP contribution in [0.4, 0.5) is 0 Å². The van der Waals surface area contributed by atoms with Crippen molar-refractivity contribution in [1.82, 2.24) is 14.7 Å². The molecule has 0 bridgehead atoms. The summed E-state index contributed by atoms with van der Waals surface area (Å²) >= 11 is 12.3. The largest absolute Gasteiger partial charge is 0.481 e. The van der Waals surface area contributed by atoms with Crippen molar-refractivity contribution in [2.75, 3.05) is 39.3 Å². The minimum absolute atomic E-state index is 0.0730. The molecule has 0 saturated carbocycles. The third kappa shape index (κ3) is 6.67. The summed E-state index contributed by atoms with van der Waals surface area (Å²) in [4.78, 5) is 44.0. The van der Waals surface area contributed by atoms with Gasteiger partial charge in [-0.25, -0.2) is 0 Å². The number of benzene rings is 2. The van der Waals surface area contributed by atoms with E-state index in [1.54, 1.807) is 34.1 Å². The lowest BCUT2D eigenvalue weighted by Crippen LogP contribution is -2.59. The molecule has 204 valence electrons. The zero-order chi connectivity index (χ0) is 27.2. The van der Waals surface area contributed by atoms with E-state index >= 15 is 0 Å². The number of carbonyl (C=O) groups is 3. The number of carbonyl (C=O) groups excluding carboxylic acids is 2. The molecule has 2 saturated heterocycles. The quantitative estimate of drug-likeness (QED) is 0.487. The molecule has 2 aliphatic heterocycles. The smallest absolute Gasteiger partial charge is 0.304 e. The number of rotatable bonds is 9. The number of piperazine rings is 1. The number of carboxylic acids is 1. The lowest BCUT2D eigenvalue weighted by Gasteiger charge is -2.46. The van der Waals surface area contributed by atoms with Crippen molar-refractivity contribution in [3.63, 3.8) is 0 Å². The zero-order valence-corrected chi connectivity index (χ0v) is 22.9. The fraction of sp³-hybridized carbons (Fsp3) is 0.464. The molecule has 2 aromatic rings. The van der Waals surface area contributed by atoms with E-state index in [1.807, 2.05) is 31.2 Å². The minimum Gasteiger partial charge on any atom is -0.481 e. The molecule has 0 aromatic heterocycles. The Hall–Kier alpha value is -2.65. The minimum atomic E-state index is -0.833. The van der Waals surface area contributed by atoms with Crippen molar-refractivity contribution in [2.45, 2.75) is 44.4 Å². The van der Waals surface area contributed by atoms with Crippen molar-refractivity contribution in [2.24, 2.45) is 0 Å². The second-order valence-electron chi connectivity index (χ2n) is 9.70. The number of carboxylic acid groups (broad SMARTS) is 1. The molecule has 0 radical (unpaired) electrons. The van der Waals surface area contributed by atoms with Crippen LogP contribution >= 0.6 is 23.2 Å². The van der Waals surface area contributed by atoms with E-state index in [0.29, 0.717) is 49.2 Å². The average molecular weight is 562 g/mol. The van der Waals surface area contributed by atoms with Crippen molar-refractivity contribution >= 4 is 41.0 Å². The summed E-state index contributed by atoms with van der Waals surface area (Å²) in [5.41, 5.74) is 1.69. The zero-order valence-electron chi connectivity index (χ0n) is 21.4. The maximum atomic E-state index is 14.0. The van der Waals surface area contributed by atoms with Crippen molar-refractivity contribution in [3.8, 4) is 0 Å². The average Bonchev–Trinajstić information content (AvgIpc) is 2.92. The van der Waals surface area contributed by atoms with Gasteiger partial charge in [0.2, 0.25) is 11.8 Å². The van der Waals surface area contributed by atoms with Crippen LogP contribution in [0.15, 0.2) is 48.5 Å². The molecule has 8 nitrogen and oxygen atoms in total. The SMILES string of the molecule is CCC[C@H](C(=O)N1CCN(CCC(=O)O)CC1)N1C(=O)CO[C@@H](c2ccc(Cl)cc2)[C@H]1c1ccc(Cl)cc1. The second-order valence-corrected chi connectivity index (χ2v) is 10.6. The van der Waals surface area contributed by atoms with E-state index in [-0.39, 0.29) is 24.8 Å². The van der Waals surface area contributed by atoms with E-state index in [4.69, 9.17) is 33.0 Å². The summed E-state index contributed by atoms with van der Waals surface area (Å²) in [6, 6.07) is 13.5. The first kappa shape index (κ1) is 28.4. The number of nitrogens with zero attached hydrogens (tertiary/aromatic N) is 3. The first-order valence-corrected chi connectivity index (χ1v) is 13.7. The summed E-state index contributed by atoms with van der Waals surface area (Å²) in [5, 5.41) is 10.2. The van der Waals surface area contributed by atoms with Gasteiger partial charge in [0.05, 0.1) is 12.5 Å². The van der Waals surface area contributed by atoms with E-state index in [1.165, 1.54) is 0 Å². The number of hydrogen-bond acceptors (Lipinski definition) is 5. The topological polar surface area (TPSA) is 90.4 Å². The van der Waals surface area contributed by atoms with Gasteiger partial charge in [0.15, 0.2) is 0 Å². The molecule has 0 unspecified atom stereocenters. The third-order valence-electron chi connectivity index (χ3n) is 7.18. The van der Waals surface area contributed by atoms with Crippen LogP contribution in [-0.4, -0.2) is 83.0 Å². The first-order valence-electron chi connectivity index (χ1n) is 12.9. The Morgan fingerprint density at radius 3 is 2.11 bits per heavy atom. The van der Waals surface area contributed by atoms with Crippen molar-refractivity contribution in [3.05, 3.63) is 69.7 Å². The lowest BCUT2D eigenvalue weighted by atomic mass is 9.90. The van der Waals surface area contributed by atoms with Gasteiger partial charge in [0.1, 0.15) is 18.8 Å². The van der Waals surface area contributed by atoms with Crippen LogP contribution in [0.3, 0.4) is 0 Å². The predicted molar refractivity (Wildman–Crippen MR) is 145 cm³/mol. The van der Waals surface area contributed by atoms with Crippen molar-refractivity contribution in [1.29, 1.82) is 0 Å². The number of halogens is 2. The Morgan fingerprint density at radius 1 is 0.974 bits per heavy atom. The number of morpholine rings is 1. The number of amides is 2. The lowest BCUT2D eigenvalue weighted by molar-refractivity contribution is -0.170. The molecule has 2 aliphatic rings. The molecule has 0 spiro atoms. The van der Waals surface area contributed by atoms with Gasteiger partial charge in [0, 0.05) is 42.8 Å². The Balaban J connectivity index is 1.64. The summed E-state index contributed by atoms with van der Waals surface area (Å²) in [6.07, 6.45) is 0.815. The maximum absolute atomic E-state index is 14.0. The molecule has 4 rings (SSSR count). The Morgan fingerprint density at radius 2 is 1.55 bits per heavy atom. The van der Waals surface area contributed by atoms with Gasteiger partial charge in [-0.1, -0.05) is 60.8 Å². The van der Waals surface area contributed by atoms with Crippen LogP contribution in [0.5, 0.6) is 0 Å². The fourth-order valence-electron chi connectivity index (χ4n) is 5.23. The molecular weight excluding hydrogens is 529 g/mol. The highest BCUT2D eigenvalue weighted by atomic mass is 35.5. The van der Waals surface area contributed by atoms with Crippen LogP contribution in [0.1, 0.15) is 49.5 Å². The van der Waals surface area contributed by atoms with Crippen LogP contribution in [0.25, 0.3) is 0 Å². The summed E-state index contributed by atoms with van der Waals surface area (Å²) < 4.78 is 6.11. The molecule has 2 amide bonds. The Labute approximate surface area is 233 Å². The monoisotopic (exact) mass is 561 g/mol. The van der Waals surface area contributed by atoms with Gasteiger partial charge in [-0.05, 0) is 41.8 Å². The molecular formula is C28H33Cl2N3O5. The normalized spacial score (nSPS) is 21.4. The molecule has 2 heterocycles. The summed E-state index contributed by atoms with van der Waals surface area (Å²) in [6.45, 7) is 4.51. The van der Waals surface area contributed by atoms with Crippen LogP contribution < -0.4 is 0 Å². The first-order chi connectivity index (χ1) is 18.3. The number of aliphatic carboxylic acids is 1. The molecule has 1 N–H and O–H groups in total. The number of hydrogen-bond donors (Lipinski definition) is 1. The predicted octanol–water partition coefficient (Wildman–Crippen LogP) is 4.42. The van der Waals surface area contributed by atoms with Crippen LogP contribution in [0, 0.1) is 0 Å². The molecule has 10 heteroatoms. The van der Waals surface area contributed by atoms with Gasteiger partial charge >= 0.3 is 5.97 Å². The molecule has 2 fully saturated rings. The van der Waals surface area contributed by atoms with E-state index in [9.17, 15) is 14.4 Å². The second kappa shape index (κ2) is 12.9. The van der Waals surface area contributed by atoms with E-state index < -0.39 is 24.2 Å². The molecule has 0 aliphatic carbocycles. The van der Waals surface area contributed by atoms with Gasteiger partial charge in [0.25, 0.3) is 0 Å². The highest BCUT2D eigenvalue weighted by molar-refractivity contribution is 6.30. The standard InChI is InChI=1S/C28H33Cl2N3O5/c1-2-3-23(28(37)32-16-14-31(15-17-32)13-12-25(35)36)33-24(34)18-38-27(20-6-10-22(30)11-7-20)26(33)19-4-8-21(29)9-5-19/h4-11,23,26-27H,2-3,12-18H2,1H3,(H,35,36)/t23-,26-,27+/m1/s1. The third-order valence-corrected chi connectivity index (χ3v) is 7.68. The molecule has 38 heavy (non-hydrogen) atoms. The molecule has 3 atom stereocenters. The fourth-order valence-corrected chi connectivity index (χ4v) is 5.49. The number of ether oxygens (including phenoxy) is 1. The van der Waals surface area contributed by atoms with Gasteiger partial charge < -0.3 is 19.6 Å². The van der Waals surface area contributed by atoms with Crippen LogP contribution in [0.2, 0.25) is 10.0 Å². The summed E-state index contributed by atoms with van der Waals surface area (Å²) in [7, 11) is 0. The van der Waals surface area contributed by atoms with Gasteiger partial charge in [-0.15, -0.1) is 0 Å². The highest BCUT2D eigenvalue weighted by Crippen LogP contribution is 2.42. The van der Waals surface area contributed by atoms with Crippen molar-refractivity contribution < 1.29 is 24.2 Å². The maximum Gasteiger partial charge on any atom is 0.304 e. The van der Waals surface area contributed by atoms with Gasteiger partial charge in [-0.2, -0.15) is 0 Å². The Bertz CT molecular complexity index is 1120. The van der Waals surface area contributed by atoms with E-state index in [0.717, 1.165) is 17.5 Å². The highest BCUT2D eigenvalue weighted by Gasteiger charge is 2.45. The van der Waals surface area contributed by atoms with Crippen LogP contribution in [-0.2, 0) is 19.1 Å². The van der Waals surface area contributed by atoms with E-state index in [2.05, 4.69) is 4.90 Å². The van der Waals surface area contributed by atoms with Gasteiger partial charge in [-0.3, -0.25) is 19.3 Å². The summed E-state index contributed by atoms with van der Waals surface area (Å²) in [5.74, 6) is -1.16. The Kier molecular flexibility index (Phi) is 9.65. The molecule has 2 aromatic carbocycles.